The van der Waals surface area contributed by atoms with Crippen LogP contribution in [0, 0.1) is 0 Å². The highest BCUT2D eigenvalue weighted by molar-refractivity contribution is 6.23. The minimum Gasteiger partial charge on any atom is -0.295 e. The molecule has 28 valence electrons. The summed E-state index contributed by atoms with van der Waals surface area (Å²) in [4.78, 5) is 18.6. The molecule has 0 aromatic rings. The Morgan fingerprint density at radius 3 is 2.00 bits per heavy atom. The molecule has 0 saturated heterocycles. The molecule has 5 heavy (non-hydrogen) atoms. The van der Waals surface area contributed by atoms with Gasteiger partial charge in [0.25, 0.3) is 0 Å². The normalized spacial score (nSPS) is 6.60. The molecular formula is C3H4O2. The number of ketones is 1. The van der Waals surface area contributed by atoms with Gasteiger partial charge in [-0.25, -0.2) is 0 Å². The van der Waals surface area contributed by atoms with E-state index in [9.17, 15) is 4.79 Å². The first-order chi connectivity index (χ1) is 2.27. The maximum absolute atomic E-state index is 9.44. The molecule has 2 heteroatoms. The van der Waals surface area contributed by atoms with Gasteiger partial charge in [0.2, 0.25) is 0 Å². The second kappa shape index (κ2) is 1.64. The highest BCUT2D eigenvalue weighted by Gasteiger charge is 1.76. The third-order valence-electron chi connectivity index (χ3n) is 0.166. The van der Waals surface area contributed by atoms with Gasteiger partial charge < -0.3 is 0 Å². The zero-order valence-corrected chi connectivity index (χ0v) is 2.89. The van der Waals surface area contributed by atoms with E-state index in [-0.39, 0.29) is 6.29 Å². The third kappa shape index (κ3) is 3.34. The predicted molar refractivity (Wildman–Crippen MR) is 16.7 cm³/mol. The summed E-state index contributed by atoms with van der Waals surface area (Å²) in [7, 11) is 0. The number of carbonyl (C=O) groups is 2. The molecule has 0 N–H and O–H groups in total. The van der Waals surface area contributed by atoms with E-state index in [2.05, 4.69) is 0 Å². The number of rotatable bonds is 1. The van der Waals surface area contributed by atoms with E-state index < -0.39 is 5.78 Å². The fraction of sp³-hybridized carbons (Fsp3) is 0.333. The van der Waals surface area contributed by atoms with Crippen LogP contribution in [0.15, 0.2) is 0 Å². The second-order valence-corrected chi connectivity index (χ2v) is 0.729. The zero-order chi connectivity index (χ0) is 4.28. The first kappa shape index (κ1) is 4.34. The van der Waals surface area contributed by atoms with Gasteiger partial charge in [-0.3, -0.25) is 9.59 Å². The molecule has 0 bridgehead atoms. The molecule has 0 aromatic heterocycles. The Hall–Kier alpha value is -0.660. The van der Waals surface area contributed by atoms with Crippen LogP contribution in [-0.2, 0) is 9.59 Å². The number of aldehydes is 1. The summed E-state index contributed by atoms with van der Waals surface area (Å²) >= 11 is 0. The molecule has 0 saturated carbocycles. The summed E-state index contributed by atoms with van der Waals surface area (Å²) in [6.45, 7) is 1.22. The summed E-state index contributed by atoms with van der Waals surface area (Å²) in [6, 6.07) is 0. The lowest BCUT2D eigenvalue weighted by atomic mass is 11.5. The average Bonchev–Trinajstić information content (AvgIpc) is 1.38. The fourth-order valence-corrected chi connectivity index (χ4v) is 0. The van der Waals surface area contributed by atoms with Gasteiger partial charge in [0, 0.05) is 6.92 Å². The van der Waals surface area contributed by atoms with E-state index in [4.69, 9.17) is 4.79 Å². The standard InChI is InChI=1S/C3H4O2/c1-3(5)2-4/h2H,1H3/i1+1,2+1,3+1. The van der Waals surface area contributed by atoms with Crippen molar-refractivity contribution in [3.8, 4) is 0 Å². The van der Waals surface area contributed by atoms with Crippen molar-refractivity contribution in [1.29, 1.82) is 0 Å². The summed E-state index contributed by atoms with van der Waals surface area (Å²) < 4.78 is 0. The minimum absolute atomic E-state index is 0.278. The number of hydrogen-bond donors (Lipinski definition) is 0. The molecule has 0 aliphatic rings. The smallest absolute Gasteiger partial charge is 0.192 e. The van der Waals surface area contributed by atoms with Crippen LogP contribution >= 0.6 is 0 Å². The maximum atomic E-state index is 9.44. The molecule has 0 fully saturated rings. The van der Waals surface area contributed by atoms with Crippen LogP contribution in [-0.4, -0.2) is 12.1 Å². The van der Waals surface area contributed by atoms with Gasteiger partial charge in [-0.05, 0) is 0 Å². The number of hydrogen-bond acceptors (Lipinski definition) is 2. The maximum Gasteiger partial charge on any atom is 0.192 e. The van der Waals surface area contributed by atoms with E-state index in [0.29, 0.717) is 0 Å². The lowest BCUT2D eigenvalue weighted by Crippen LogP contribution is -1.85. The van der Waals surface area contributed by atoms with E-state index in [1.54, 1.807) is 0 Å². The molecule has 0 aromatic carbocycles. The molecule has 0 amide bonds. The molecule has 0 spiro atoms. The number of Topliss-reactive ketones (excluding diaryl/α,β-unsaturated/α-hetero) is 1. The Bertz CT molecular complexity index is 55.9. The molecule has 2 nitrogen and oxygen atoms in total. The van der Waals surface area contributed by atoms with Gasteiger partial charge in [-0.2, -0.15) is 0 Å². The lowest BCUT2D eigenvalue weighted by Gasteiger charge is -1.57. The van der Waals surface area contributed by atoms with Crippen LogP contribution < -0.4 is 0 Å². The van der Waals surface area contributed by atoms with Crippen molar-refractivity contribution in [2.75, 3.05) is 0 Å². The molecular weight excluding hydrogens is 71.0 g/mol. The fourth-order valence-electron chi connectivity index (χ4n) is 0. The lowest BCUT2D eigenvalue weighted by molar-refractivity contribution is -0.128. The Balaban J connectivity index is 3.20. The van der Waals surface area contributed by atoms with Crippen LogP contribution in [0.5, 0.6) is 0 Å². The summed E-state index contributed by atoms with van der Waals surface area (Å²) in [5.74, 6) is -0.426. The van der Waals surface area contributed by atoms with Crippen LogP contribution in [0.2, 0.25) is 0 Å². The van der Waals surface area contributed by atoms with Gasteiger partial charge in [0.1, 0.15) is 0 Å². The van der Waals surface area contributed by atoms with Crippen LogP contribution in [0.3, 0.4) is 0 Å². The van der Waals surface area contributed by atoms with Crippen molar-refractivity contribution in [3.05, 3.63) is 0 Å². The van der Waals surface area contributed by atoms with Crippen molar-refractivity contribution in [3.63, 3.8) is 0 Å². The molecule has 0 rings (SSSR count). The Morgan fingerprint density at radius 2 is 2.00 bits per heavy atom. The van der Waals surface area contributed by atoms with Crippen molar-refractivity contribution in [2.45, 2.75) is 6.92 Å². The Labute approximate surface area is 29.8 Å². The molecule has 0 heterocycles. The third-order valence-corrected chi connectivity index (χ3v) is 0.166. The van der Waals surface area contributed by atoms with Crippen LogP contribution in [0.4, 0.5) is 0 Å². The first-order valence-corrected chi connectivity index (χ1v) is 1.23. The Kier molecular flexibility index (Phi) is 1.42. The van der Waals surface area contributed by atoms with Gasteiger partial charge in [-0.15, -0.1) is 0 Å². The molecule has 0 atom stereocenters. The van der Waals surface area contributed by atoms with Gasteiger partial charge in [0.05, 0.1) is 0 Å². The van der Waals surface area contributed by atoms with Crippen molar-refractivity contribution < 1.29 is 9.59 Å². The van der Waals surface area contributed by atoms with Gasteiger partial charge in [0.15, 0.2) is 12.1 Å². The molecule has 0 radical (unpaired) electrons. The van der Waals surface area contributed by atoms with E-state index in [1.165, 1.54) is 6.92 Å². The topological polar surface area (TPSA) is 34.1 Å². The van der Waals surface area contributed by atoms with Crippen molar-refractivity contribution >= 4 is 12.1 Å². The van der Waals surface area contributed by atoms with Crippen LogP contribution in [0.1, 0.15) is 6.92 Å². The highest BCUT2D eigenvalue weighted by atomic mass is 16.2. The van der Waals surface area contributed by atoms with E-state index in [0.717, 1.165) is 0 Å². The molecule has 0 unspecified atom stereocenters. The number of carbonyl (C=O) groups excluding carboxylic acids is 2. The highest BCUT2D eigenvalue weighted by Crippen LogP contribution is 1.48. The minimum atomic E-state index is -0.426. The largest absolute Gasteiger partial charge is 0.295 e. The van der Waals surface area contributed by atoms with Crippen molar-refractivity contribution in [1.82, 2.24) is 0 Å². The van der Waals surface area contributed by atoms with E-state index >= 15 is 0 Å². The van der Waals surface area contributed by atoms with Crippen molar-refractivity contribution in [2.24, 2.45) is 0 Å². The summed E-state index contributed by atoms with van der Waals surface area (Å²) in [5, 5.41) is 0. The molecule has 0 aliphatic heterocycles. The monoisotopic (exact) mass is 75.0 g/mol. The quantitative estimate of drug-likeness (QED) is 0.245. The van der Waals surface area contributed by atoms with E-state index in [1.807, 2.05) is 0 Å². The molecule has 0 aliphatic carbocycles. The summed E-state index contributed by atoms with van der Waals surface area (Å²) in [6.07, 6.45) is 0.278. The van der Waals surface area contributed by atoms with Gasteiger partial charge in [-0.1, -0.05) is 0 Å². The second-order valence-electron chi connectivity index (χ2n) is 0.729. The van der Waals surface area contributed by atoms with Crippen LogP contribution in [0.25, 0.3) is 0 Å². The summed E-state index contributed by atoms with van der Waals surface area (Å²) in [5.41, 5.74) is 0. The van der Waals surface area contributed by atoms with Gasteiger partial charge >= 0.3 is 0 Å². The predicted octanol–water partition coefficient (Wildman–Crippen LogP) is -0.226. The Morgan fingerprint density at radius 1 is 1.80 bits per heavy atom. The SMILES string of the molecule is [13CH3][13C](=O)[13CH]=O. The first-order valence-electron chi connectivity index (χ1n) is 1.23. The zero-order valence-electron chi connectivity index (χ0n) is 2.89. The average molecular weight is 75.0 g/mol.